The topological polar surface area (TPSA) is 83.8 Å². The summed E-state index contributed by atoms with van der Waals surface area (Å²) in [5, 5.41) is 10.1. The van der Waals surface area contributed by atoms with Gasteiger partial charge in [-0.1, -0.05) is 0 Å². The van der Waals surface area contributed by atoms with E-state index < -0.39 is 12.0 Å². The first-order valence-electron chi connectivity index (χ1n) is 10.9. The van der Waals surface area contributed by atoms with Crippen molar-refractivity contribution in [2.45, 2.75) is 49.4 Å². The van der Waals surface area contributed by atoms with Gasteiger partial charge in [0, 0.05) is 19.5 Å². The molecule has 1 saturated carbocycles. The first-order chi connectivity index (χ1) is 15.0. The molecule has 2 saturated heterocycles. The third-order valence-corrected chi connectivity index (χ3v) is 7.29. The number of hydrogen-bond donors (Lipinski definition) is 1. The average Bonchev–Trinajstić information content (AvgIpc) is 3.37. The first kappa shape index (κ1) is 19.4. The Morgan fingerprint density at radius 1 is 1.29 bits per heavy atom. The SMILES string of the molecule is OCCN1c2nc(OC[C@@]34CCCN3C[C@H](F)C4)nc3c(F)cnc(c23)OCC12CC2. The van der Waals surface area contributed by atoms with Crippen molar-refractivity contribution in [1.29, 1.82) is 0 Å². The number of rotatable bonds is 5. The number of halogens is 2. The van der Waals surface area contributed by atoms with Gasteiger partial charge in [0.2, 0.25) is 5.88 Å². The molecule has 0 amide bonds. The van der Waals surface area contributed by atoms with Gasteiger partial charge in [0.25, 0.3) is 0 Å². The van der Waals surface area contributed by atoms with Crippen molar-refractivity contribution in [1.82, 2.24) is 19.9 Å². The lowest BCUT2D eigenvalue weighted by molar-refractivity contribution is 0.107. The lowest BCUT2D eigenvalue weighted by Gasteiger charge is -2.32. The highest BCUT2D eigenvalue weighted by molar-refractivity contribution is 5.95. The molecule has 4 aliphatic rings. The first-order valence-corrected chi connectivity index (χ1v) is 10.9. The van der Waals surface area contributed by atoms with Gasteiger partial charge in [0.05, 0.1) is 23.9 Å². The monoisotopic (exact) mass is 433 g/mol. The predicted octanol–water partition coefficient (Wildman–Crippen LogP) is 1.84. The molecule has 10 heteroatoms. The summed E-state index contributed by atoms with van der Waals surface area (Å²) >= 11 is 0. The Kier molecular flexibility index (Phi) is 4.27. The van der Waals surface area contributed by atoms with E-state index in [0.29, 0.717) is 43.2 Å². The molecule has 1 spiro atoms. The maximum Gasteiger partial charge on any atom is 0.319 e. The molecule has 0 aromatic carbocycles. The van der Waals surface area contributed by atoms with Crippen molar-refractivity contribution in [3.05, 3.63) is 12.0 Å². The maximum absolute atomic E-state index is 14.8. The molecule has 166 valence electrons. The molecule has 0 radical (unpaired) electrons. The molecule has 2 aromatic heterocycles. The Bertz CT molecular complexity index is 1040. The highest BCUT2D eigenvalue weighted by Gasteiger charge is 2.52. The van der Waals surface area contributed by atoms with Crippen LogP contribution in [0.5, 0.6) is 11.9 Å². The molecule has 1 N–H and O–H groups in total. The van der Waals surface area contributed by atoms with Crippen LogP contribution < -0.4 is 14.4 Å². The van der Waals surface area contributed by atoms with Gasteiger partial charge in [-0.05, 0) is 32.2 Å². The lowest BCUT2D eigenvalue weighted by atomic mass is 9.95. The smallest absolute Gasteiger partial charge is 0.319 e. The zero-order valence-corrected chi connectivity index (χ0v) is 17.2. The minimum atomic E-state index is -0.857. The highest BCUT2D eigenvalue weighted by atomic mass is 19.1. The van der Waals surface area contributed by atoms with E-state index in [1.807, 2.05) is 4.90 Å². The van der Waals surface area contributed by atoms with Crippen LogP contribution in [-0.4, -0.2) is 81.7 Å². The van der Waals surface area contributed by atoms with Crippen molar-refractivity contribution < 1.29 is 23.4 Å². The molecule has 0 bridgehead atoms. The minimum absolute atomic E-state index is 0.0581. The third-order valence-electron chi connectivity index (χ3n) is 7.29. The van der Waals surface area contributed by atoms with Crippen molar-refractivity contribution in [2.24, 2.45) is 0 Å². The van der Waals surface area contributed by atoms with Crippen LogP contribution in [0.15, 0.2) is 6.20 Å². The van der Waals surface area contributed by atoms with Gasteiger partial charge >= 0.3 is 6.01 Å². The van der Waals surface area contributed by atoms with Crippen LogP contribution >= 0.6 is 0 Å². The number of aliphatic hydroxyl groups excluding tert-OH is 1. The second-order valence-electron chi connectivity index (χ2n) is 9.22. The highest BCUT2D eigenvalue weighted by Crippen LogP contribution is 2.49. The molecule has 1 aliphatic carbocycles. The van der Waals surface area contributed by atoms with Gasteiger partial charge in [-0.25, -0.2) is 13.8 Å². The maximum atomic E-state index is 14.8. The van der Waals surface area contributed by atoms with Crippen molar-refractivity contribution >= 4 is 16.7 Å². The molecule has 31 heavy (non-hydrogen) atoms. The second-order valence-corrected chi connectivity index (χ2v) is 9.22. The van der Waals surface area contributed by atoms with Gasteiger partial charge < -0.3 is 19.5 Å². The summed E-state index contributed by atoms with van der Waals surface area (Å²) in [5.74, 6) is 0.180. The molecule has 0 unspecified atom stereocenters. The Labute approximate surface area is 178 Å². The molecule has 2 aromatic rings. The van der Waals surface area contributed by atoms with Gasteiger partial charge in [-0.3, -0.25) is 4.90 Å². The number of pyridine rings is 1. The summed E-state index contributed by atoms with van der Waals surface area (Å²) < 4.78 is 40.8. The van der Waals surface area contributed by atoms with Gasteiger partial charge in [0.15, 0.2) is 5.82 Å². The summed E-state index contributed by atoms with van der Waals surface area (Å²) in [4.78, 5) is 17.2. The summed E-state index contributed by atoms with van der Waals surface area (Å²) in [7, 11) is 0. The van der Waals surface area contributed by atoms with Crippen molar-refractivity contribution in [3.63, 3.8) is 0 Å². The van der Waals surface area contributed by atoms with E-state index in [4.69, 9.17) is 9.47 Å². The lowest BCUT2D eigenvalue weighted by Crippen LogP contribution is -2.44. The van der Waals surface area contributed by atoms with Crippen LogP contribution in [-0.2, 0) is 0 Å². The molecule has 5 heterocycles. The van der Waals surface area contributed by atoms with Gasteiger partial charge in [0.1, 0.15) is 36.1 Å². The third kappa shape index (κ3) is 2.95. The van der Waals surface area contributed by atoms with E-state index in [-0.39, 0.29) is 35.8 Å². The molecule has 2 atom stereocenters. The quantitative estimate of drug-likeness (QED) is 0.765. The van der Waals surface area contributed by atoms with E-state index in [1.165, 1.54) is 0 Å². The number of nitrogens with zero attached hydrogens (tertiary/aromatic N) is 5. The van der Waals surface area contributed by atoms with Crippen LogP contribution in [0.4, 0.5) is 14.6 Å². The number of hydrogen-bond acceptors (Lipinski definition) is 8. The zero-order valence-electron chi connectivity index (χ0n) is 17.2. The van der Waals surface area contributed by atoms with Crippen molar-refractivity contribution in [2.75, 3.05) is 44.4 Å². The number of fused-ring (bicyclic) bond motifs is 1. The Balaban J connectivity index is 1.41. The molecule has 3 aliphatic heterocycles. The second kappa shape index (κ2) is 6.83. The Morgan fingerprint density at radius 2 is 2.16 bits per heavy atom. The van der Waals surface area contributed by atoms with Crippen LogP contribution in [0, 0.1) is 5.82 Å². The summed E-state index contributed by atoms with van der Waals surface area (Å²) in [6.45, 7) is 2.22. The number of ether oxygens (including phenoxy) is 2. The molecule has 6 rings (SSSR count). The summed E-state index contributed by atoms with van der Waals surface area (Å²) in [6.07, 6.45) is 4.33. The van der Waals surface area contributed by atoms with Crippen LogP contribution in [0.25, 0.3) is 10.9 Å². The fraction of sp³-hybridized carbons (Fsp3) is 0.667. The zero-order chi connectivity index (χ0) is 21.2. The van der Waals surface area contributed by atoms with Crippen LogP contribution in [0.1, 0.15) is 32.1 Å². The standard InChI is InChI=1S/C21H25F2N5O3/c22-13-8-21(2-1-5-27(21)10-13)12-31-19-25-16-14(23)9-24-18-15(16)17(26-19)28(6-7-29)20(3-4-20)11-30-18/h9,13,29H,1-8,10-12H2/t13-,21+/m1/s1. The van der Waals surface area contributed by atoms with Gasteiger partial charge in [-0.2, -0.15) is 9.97 Å². The number of alkyl halides is 1. The number of β-amino-alcohol motifs (C(OH)–C–C–N with tert-alkyl or cyclic N) is 1. The summed E-state index contributed by atoms with van der Waals surface area (Å²) in [6, 6.07) is 0.0581. The van der Waals surface area contributed by atoms with Crippen molar-refractivity contribution in [3.8, 4) is 11.9 Å². The van der Waals surface area contributed by atoms with E-state index >= 15 is 0 Å². The van der Waals surface area contributed by atoms with Crippen LogP contribution in [0.3, 0.4) is 0 Å². The predicted molar refractivity (Wildman–Crippen MR) is 108 cm³/mol. The normalized spacial score (nSPS) is 28.6. The fourth-order valence-electron chi connectivity index (χ4n) is 5.56. The number of anilines is 1. The van der Waals surface area contributed by atoms with E-state index in [1.54, 1.807) is 0 Å². The van der Waals surface area contributed by atoms with Gasteiger partial charge in [-0.15, -0.1) is 0 Å². The van der Waals surface area contributed by atoms with E-state index in [9.17, 15) is 13.9 Å². The molecular weight excluding hydrogens is 408 g/mol. The minimum Gasteiger partial charge on any atom is -0.475 e. The summed E-state index contributed by atoms with van der Waals surface area (Å²) in [5.41, 5.74) is -0.549. The number of aliphatic hydroxyl groups is 1. The molecule has 8 nitrogen and oxygen atoms in total. The Hall–Kier alpha value is -2.33. The molecule has 3 fully saturated rings. The van der Waals surface area contributed by atoms with E-state index in [2.05, 4.69) is 19.9 Å². The Morgan fingerprint density at radius 3 is 2.97 bits per heavy atom. The molecular formula is C21H25F2N5O3. The van der Waals surface area contributed by atoms with E-state index in [0.717, 1.165) is 38.4 Å². The van der Waals surface area contributed by atoms with Crippen LogP contribution in [0.2, 0.25) is 0 Å². The number of aromatic nitrogens is 3. The average molecular weight is 433 g/mol. The fourth-order valence-corrected chi connectivity index (χ4v) is 5.56. The largest absolute Gasteiger partial charge is 0.475 e.